The van der Waals surface area contributed by atoms with Crippen molar-refractivity contribution in [3.8, 4) is 5.75 Å². The second-order valence-corrected chi connectivity index (χ2v) is 11.7. The quantitative estimate of drug-likeness (QED) is 0.318. The van der Waals surface area contributed by atoms with Crippen LogP contribution in [0.4, 0.5) is 11.4 Å². The number of rotatable bonds is 8. The molecule has 1 atom stereocenters. The highest BCUT2D eigenvalue weighted by atomic mass is 32.2. The fourth-order valence-electron chi connectivity index (χ4n) is 4.85. The Morgan fingerprint density at radius 3 is 2.53 bits per heavy atom. The number of piperazine rings is 1. The van der Waals surface area contributed by atoms with Crippen molar-refractivity contribution in [1.29, 1.82) is 0 Å². The maximum atomic E-state index is 13.8. The zero-order valence-electron chi connectivity index (χ0n) is 21.5. The van der Waals surface area contributed by atoms with Gasteiger partial charge in [0.05, 0.1) is 17.7 Å². The van der Waals surface area contributed by atoms with Crippen molar-refractivity contribution in [3.63, 3.8) is 0 Å². The summed E-state index contributed by atoms with van der Waals surface area (Å²) in [6, 6.07) is 19.8. The molecule has 1 aromatic heterocycles. The third-order valence-corrected chi connectivity index (χ3v) is 9.08. The van der Waals surface area contributed by atoms with Crippen LogP contribution in [0.15, 0.2) is 77.8 Å². The van der Waals surface area contributed by atoms with Gasteiger partial charge in [-0.25, -0.2) is 8.42 Å². The molecule has 8 nitrogen and oxygen atoms in total. The Morgan fingerprint density at radius 2 is 1.79 bits per heavy atom. The number of anilines is 2. The third kappa shape index (κ3) is 5.25. The molecule has 1 aliphatic rings. The minimum absolute atomic E-state index is 0.0211. The van der Waals surface area contributed by atoms with Crippen LogP contribution in [0.2, 0.25) is 0 Å². The van der Waals surface area contributed by atoms with E-state index in [-0.39, 0.29) is 11.3 Å². The number of fused-ring (bicyclic) bond motifs is 1. The van der Waals surface area contributed by atoms with E-state index < -0.39 is 21.0 Å². The Morgan fingerprint density at radius 1 is 1.05 bits per heavy atom. The molecule has 0 radical (unpaired) electrons. The normalized spacial score (nSPS) is 14.8. The lowest BCUT2D eigenvalue weighted by Crippen LogP contribution is -2.43. The molecule has 2 heterocycles. The van der Waals surface area contributed by atoms with Crippen molar-refractivity contribution in [2.75, 3.05) is 43.5 Å². The predicted molar refractivity (Wildman–Crippen MR) is 151 cm³/mol. The van der Waals surface area contributed by atoms with E-state index in [0.29, 0.717) is 11.4 Å². The molecule has 1 amide bonds. The number of nitrogens with zero attached hydrogens (tertiary/aromatic N) is 1. The molecular formula is C29H32N4O4S. The van der Waals surface area contributed by atoms with Crippen LogP contribution < -0.4 is 20.3 Å². The van der Waals surface area contributed by atoms with Crippen LogP contribution in [-0.2, 0) is 21.1 Å². The lowest BCUT2D eigenvalue weighted by Gasteiger charge is -2.30. The van der Waals surface area contributed by atoms with Crippen molar-refractivity contribution in [2.24, 2.45) is 0 Å². The van der Waals surface area contributed by atoms with Gasteiger partial charge in [0.1, 0.15) is 11.0 Å². The monoisotopic (exact) mass is 532 g/mol. The highest BCUT2D eigenvalue weighted by Crippen LogP contribution is 2.32. The first-order chi connectivity index (χ1) is 18.4. The van der Waals surface area contributed by atoms with Gasteiger partial charge in [-0.15, -0.1) is 0 Å². The molecule has 0 aliphatic carbocycles. The molecule has 3 N–H and O–H groups in total. The Kier molecular flexibility index (Phi) is 7.40. The van der Waals surface area contributed by atoms with Crippen LogP contribution in [0.5, 0.6) is 5.75 Å². The number of carbonyl (C=O) groups excluding carboxylic acids is 1. The summed E-state index contributed by atoms with van der Waals surface area (Å²) < 4.78 is 33.3. The number of benzene rings is 3. The Bertz CT molecular complexity index is 1540. The molecule has 3 aromatic carbocycles. The summed E-state index contributed by atoms with van der Waals surface area (Å²) in [5.41, 5.74) is 4.01. The topological polar surface area (TPSA) is 104 Å². The van der Waals surface area contributed by atoms with Gasteiger partial charge >= 0.3 is 0 Å². The molecule has 1 unspecified atom stereocenters. The molecule has 0 bridgehead atoms. The number of ether oxygens (including phenoxy) is 1. The molecule has 4 aromatic rings. The third-order valence-electron chi connectivity index (χ3n) is 7.02. The van der Waals surface area contributed by atoms with Gasteiger partial charge in [0.15, 0.2) is 9.84 Å². The fourth-order valence-corrected chi connectivity index (χ4v) is 6.44. The number of amides is 1. The van der Waals surface area contributed by atoms with Gasteiger partial charge in [0.25, 0.3) is 0 Å². The van der Waals surface area contributed by atoms with E-state index in [1.165, 1.54) is 0 Å². The minimum atomic E-state index is -4.01. The summed E-state index contributed by atoms with van der Waals surface area (Å²) in [5.74, 6) is -0.128. The zero-order valence-corrected chi connectivity index (χ0v) is 22.3. The molecule has 198 valence electrons. The van der Waals surface area contributed by atoms with Gasteiger partial charge in [-0.1, -0.05) is 35.9 Å². The molecule has 1 saturated heterocycles. The molecule has 38 heavy (non-hydrogen) atoms. The molecule has 0 spiro atoms. The largest absolute Gasteiger partial charge is 0.494 e. The zero-order chi connectivity index (χ0) is 26.7. The van der Waals surface area contributed by atoms with Crippen LogP contribution >= 0.6 is 0 Å². The molecule has 1 aliphatic heterocycles. The highest BCUT2D eigenvalue weighted by Gasteiger charge is 2.35. The number of methoxy groups -OCH3 is 1. The van der Waals surface area contributed by atoms with E-state index in [9.17, 15) is 13.2 Å². The van der Waals surface area contributed by atoms with Gasteiger partial charge in [0, 0.05) is 61.5 Å². The number of carbonyl (C=O) groups is 1. The lowest BCUT2D eigenvalue weighted by atomic mass is 10.1. The minimum Gasteiger partial charge on any atom is -0.494 e. The number of hydrogen-bond donors (Lipinski definition) is 3. The summed E-state index contributed by atoms with van der Waals surface area (Å²) in [6.07, 6.45) is 1.80. The van der Waals surface area contributed by atoms with Crippen molar-refractivity contribution in [1.82, 2.24) is 10.3 Å². The predicted octanol–water partition coefficient (Wildman–Crippen LogP) is 3.92. The van der Waals surface area contributed by atoms with Crippen LogP contribution in [0.25, 0.3) is 10.9 Å². The first-order valence-electron chi connectivity index (χ1n) is 12.7. The van der Waals surface area contributed by atoms with Crippen LogP contribution in [0, 0.1) is 6.92 Å². The molecule has 5 rings (SSSR count). The fraction of sp³-hybridized carbons (Fsp3) is 0.276. The van der Waals surface area contributed by atoms with Crippen molar-refractivity contribution >= 4 is 38.0 Å². The number of H-pyrrole nitrogens is 1. The second-order valence-electron chi connectivity index (χ2n) is 9.52. The number of aromatic nitrogens is 1. The average molecular weight is 533 g/mol. The van der Waals surface area contributed by atoms with Crippen molar-refractivity contribution < 1.29 is 17.9 Å². The van der Waals surface area contributed by atoms with Crippen molar-refractivity contribution in [2.45, 2.75) is 23.5 Å². The first kappa shape index (κ1) is 25.8. The Labute approximate surface area is 222 Å². The number of aryl methyl sites for hydroxylation is 1. The smallest absolute Gasteiger partial charge is 0.243 e. The summed E-state index contributed by atoms with van der Waals surface area (Å²) >= 11 is 0. The maximum absolute atomic E-state index is 13.8. The van der Waals surface area contributed by atoms with Gasteiger partial charge in [-0.05, 0) is 42.8 Å². The number of para-hydroxylation sites is 1. The van der Waals surface area contributed by atoms with E-state index in [2.05, 4.69) is 20.5 Å². The van der Waals surface area contributed by atoms with Crippen molar-refractivity contribution in [3.05, 3.63) is 84.1 Å². The molecule has 0 saturated carbocycles. The molecule has 9 heteroatoms. The van der Waals surface area contributed by atoms with Gasteiger partial charge in [0.2, 0.25) is 5.91 Å². The number of sulfone groups is 1. The first-order valence-corrected chi connectivity index (χ1v) is 14.2. The van der Waals surface area contributed by atoms with E-state index in [4.69, 9.17) is 4.74 Å². The van der Waals surface area contributed by atoms with E-state index in [1.54, 1.807) is 43.6 Å². The summed E-state index contributed by atoms with van der Waals surface area (Å²) in [6.45, 7) is 5.43. The summed E-state index contributed by atoms with van der Waals surface area (Å²) in [7, 11) is -2.47. The van der Waals surface area contributed by atoms with Gasteiger partial charge in [-0.3, -0.25) is 4.79 Å². The van der Waals surface area contributed by atoms with E-state index >= 15 is 0 Å². The molecule has 1 fully saturated rings. The van der Waals surface area contributed by atoms with Gasteiger partial charge in [-0.2, -0.15) is 0 Å². The van der Waals surface area contributed by atoms with E-state index in [0.717, 1.165) is 53.9 Å². The van der Waals surface area contributed by atoms with E-state index in [1.807, 2.05) is 43.3 Å². The maximum Gasteiger partial charge on any atom is 0.243 e. The number of aromatic amines is 1. The van der Waals surface area contributed by atoms with Crippen LogP contribution in [0.3, 0.4) is 0 Å². The Hall–Kier alpha value is -3.82. The Balaban J connectivity index is 1.48. The second kappa shape index (κ2) is 10.9. The van der Waals surface area contributed by atoms with Gasteiger partial charge < -0.3 is 25.3 Å². The SMILES string of the molecule is COc1cc(N2CCNCC2)ccc1NC(=O)C(Cc1c[nH]c2ccccc12)S(=O)(=O)c1ccc(C)cc1. The summed E-state index contributed by atoms with van der Waals surface area (Å²) in [5, 5.41) is 5.73. The number of hydrogen-bond acceptors (Lipinski definition) is 6. The number of nitrogens with one attached hydrogen (secondary N) is 3. The molecular weight excluding hydrogens is 500 g/mol. The average Bonchev–Trinajstić information content (AvgIpc) is 3.35. The summed E-state index contributed by atoms with van der Waals surface area (Å²) in [4.78, 5) is 19.3. The highest BCUT2D eigenvalue weighted by molar-refractivity contribution is 7.92. The van der Waals surface area contributed by atoms with Crippen LogP contribution in [0.1, 0.15) is 11.1 Å². The van der Waals surface area contributed by atoms with Crippen LogP contribution in [-0.4, -0.2) is 57.8 Å². The standard InChI is InChI=1S/C29H32N4O4S/c1-20-7-10-23(11-8-20)38(35,36)28(17-21-19-31-25-6-4-3-5-24(21)25)29(34)32-26-12-9-22(18-27(26)37-2)33-15-13-30-14-16-33/h3-12,18-19,28,30-31H,13-17H2,1-2H3,(H,32,34). The lowest BCUT2D eigenvalue weighted by molar-refractivity contribution is -0.115.